The standard InChI is InChI=1S/C10H11ClN2/c1-3-8(11)10(12-2)9-6-4-5-7-13-9/h3-7H,1-2H3. The van der Waals surface area contributed by atoms with Gasteiger partial charge in [-0.1, -0.05) is 23.7 Å². The van der Waals surface area contributed by atoms with Crippen molar-refractivity contribution in [3.05, 3.63) is 41.2 Å². The van der Waals surface area contributed by atoms with Gasteiger partial charge in [-0.15, -0.1) is 0 Å². The smallest absolute Gasteiger partial charge is 0.101 e. The Morgan fingerprint density at radius 2 is 2.31 bits per heavy atom. The highest BCUT2D eigenvalue weighted by Crippen LogP contribution is 2.10. The molecule has 0 aliphatic rings. The normalized spacial score (nSPS) is 13.2. The van der Waals surface area contributed by atoms with E-state index in [1.165, 1.54) is 0 Å². The van der Waals surface area contributed by atoms with Crippen molar-refractivity contribution < 1.29 is 0 Å². The van der Waals surface area contributed by atoms with Crippen molar-refractivity contribution in [3.63, 3.8) is 0 Å². The van der Waals surface area contributed by atoms with Gasteiger partial charge < -0.3 is 0 Å². The average molecular weight is 195 g/mol. The first-order valence-corrected chi connectivity index (χ1v) is 4.37. The van der Waals surface area contributed by atoms with E-state index < -0.39 is 0 Å². The SMILES string of the molecule is CC=C(Cl)C(=NC)c1ccccn1. The monoisotopic (exact) mass is 194 g/mol. The minimum atomic E-state index is 0.626. The van der Waals surface area contributed by atoms with Gasteiger partial charge in [-0.3, -0.25) is 9.98 Å². The number of rotatable bonds is 2. The third-order valence-corrected chi connectivity index (χ3v) is 2.01. The molecule has 68 valence electrons. The molecule has 13 heavy (non-hydrogen) atoms. The Labute approximate surface area is 83.0 Å². The van der Waals surface area contributed by atoms with Gasteiger partial charge in [0, 0.05) is 13.2 Å². The topological polar surface area (TPSA) is 25.2 Å². The van der Waals surface area contributed by atoms with Crippen LogP contribution in [0, 0.1) is 0 Å². The zero-order chi connectivity index (χ0) is 9.68. The summed E-state index contributed by atoms with van der Waals surface area (Å²) < 4.78 is 0. The highest BCUT2D eigenvalue weighted by Gasteiger charge is 2.05. The van der Waals surface area contributed by atoms with Crippen LogP contribution in [0.1, 0.15) is 12.6 Å². The number of nitrogens with zero attached hydrogens (tertiary/aromatic N) is 2. The molecule has 1 aromatic heterocycles. The van der Waals surface area contributed by atoms with Crippen LogP contribution in [0.2, 0.25) is 0 Å². The van der Waals surface area contributed by atoms with Crippen molar-refractivity contribution in [2.24, 2.45) is 4.99 Å². The van der Waals surface area contributed by atoms with Gasteiger partial charge in [0.25, 0.3) is 0 Å². The van der Waals surface area contributed by atoms with Gasteiger partial charge >= 0.3 is 0 Å². The van der Waals surface area contributed by atoms with Crippen LogP contribution in [-0.4, -0.2) is 17.7 Å². The fourth-order valence-corrected chi connectivity index (χ4v) is 1.16. The van der Waals surface area contributed by atoms with Crippen molar-refractivity contribution >= 4 is 17.3 Å². The summed E-state index contributed by atoms with van der Waals surface area (Å²) >= 11 is 5.96. The zero-order valence-electron chi connectivity index (χ0n) is 7.66. The third kappa shape index (κ3) is 2.39. The van der Waals surface area contributed by atoms with Crippen LogP contribution in [0.4, 0.5) is 0 Å². The average Bonchev–Trinajstić information content (AvgIpc) is 2.20. The lowest BCUT2D eigenvalue weighted by Gasteiger charge is -2.01. The Balaban J connectivity index is 3.07. The Morgan fingerprint density at radius 1 is 1.54 bits per heavy atom. The summed E-state index contributed by atoms with van der Waals surface area (Å²) in [5.41, 5.74) is 1.53. The van der Waals surface area contributed by atoms with Crippen molar-refractivity contribution in [2.75, 3.05) is 7.05 Å². The molecule has 0 saturated carbocycles. The number of aromatic nitrogens is 1. The lowest BCUT2D eigenvalue weighted by Crippen LogP contribution is -2.03. The molecule has 0 atom stereocenters. The summed E-state index contributed by atoms with van der Waals surface area (Å²) in [6, 6.07) is 5.65. The predicted octanol–water partition coefficient (Wildman–Crippen LogP) is 2.64. The summed E-state index contributed by atoms with van der Waals surface area (Å²) in [7, 11) is 1.70. The number of allylic oxidation sites excluding steroid dienone is 2. The van der Waals surface area contributed by atoms with E-state index in [9.17, 15) is 0 Å². The first kappa shape index (κ1) is 9.93. The summed E-state index contributed by atoms with van der Waals surface area (Å²) in [4.78, 5) is 8.25. The Bertz CT molecular complexity index is 328. The van der Waals surface area contributed by atoms with Gasteiger partial charge in [-0.25, -0.2) is 0 Å². The van der Waals surface area contributed by atoms with Crippen molar-refractivity contribution in [1.29, 1.82) is 0 Å². The Morgan fingerprint density at radius 3 is 2.77 bits per heavy atom. The van der Waals surface area contributed by atoms with Gasteiger partial charge in [0.05, 0.1) is 10.7 Å². The number of pyridine rings is 1. The Kier molecular flexibility index (Phi) is 3.65. The van der Waals surface area contributed by atoms with E-state index in [1.807, 2.05) is 25.1 Å². The number of aliphatic imine (C=N–C) groups is 1. The van der Waals surface area contributed by atoms with E-state index in [0.717, 1.165) is 11.4 Å². The minimum Gasteiger partial charge on any atom is -0.285 e. The first-order valence-electron chi connectivity index (χ1n) is 4.00. The molecule has 1 rings (SSSR count). The molecule has 0 saturated heterocycles. The fraction of sp³-hybridized carbons (Fsp3) is 0.200. The summed E-state index contributed by atoms with van der Waals surface area (Å²) in [6.07, 6.45) is 3.53. The second kappa shape index (κ2) is 4.77. The molecule has 0 N–H and O–H groups in total. The largest absolute Gasteiger partial charge is 0.285 e. The quantitative estimate of drug-likeness (QED) is 0.665. The molecule has 0 aliphatic carbocycles. The van der Waals surface area contributed by atoms with E-state index in [2.05, 4.69) is 9.98 Å². The van der Waals surface area contributed by atoms with Crippen LogP contribution < -0.4 is 0 Å². The molecule has 0 amide bonds. The molecule has 0 fully saturated rings. The van der Waals surface area contributed by atoms with Crippen molar-refractivity contribution in [1.82, 2.24) is 4.98 Å². The maximum absolute atomic E-state index is 5.96. The number of halogens is 1. The zero-order valence-corrected chi connectivity index (χ0v) is 8.42. The molecule has 3 heteroatoms. The third-order valence-electron chi connectivity index (χ3n) is 1.61. The summed E-state index contributed by atoms with van der Waals surface area (Å²) in [5, 5.41) is 0.626. The highest BCUT2D eigenvalue weighted by molar-refractivity contribution is 6.46. The van der Waals surface area contributed by atoms with Crippen molar-refractivity contribution in [2.45, 2.75) is 6.92 Å². The predicted molar refractivity (Wildman–Crippen MR) is 56.3 cm³/mol. The van der Waals surface area contributed by atoms with Gasteiger partial charge in [-0.2, -0.15) is 0 Å². The molecule has 2 nitrogen and oxygen atoms in total. The van der Waals surface area contributed by atoms with Crippen LogP contribution in [0.25, 0.3) is 0 Å². The van der Waals surface area contributed by atoms with E-state index in [1.54, 1.807) is 19.3 Å². The molecule has 1 aromatic rings. The highest BCUT2D eigenvalue weighted by atomic mass is 35.5. The lowest BCUT2D eigenvalue weighted by atomic mass is 10.2. The van der Waals surface area contributed by atoms with Crippen LogP contribution in [-0.2, 0) is 0 Å². The second-order valence-electron chi connectivity index (χ2n) is 2.42. The first-order chi connectivity index (χ1) is 6.29. The van der Waals surface area contributed by atoms with Crippen LogP contribution in [0.3, 0.4) is 0 Å². The van der Waals surface area contributed by atoms with Gasteiger partial charge in [-0.05, 0) is 19.1 Å². The molecule has 0 bridgehead atoms. The van der Waals surface area contributed by atoms with Crippen LogP contribution in [0.5, 0.6) is 0 Å². The van der Waals surface area contributed by atoms with E-state index in [4.69, 9.17) is 11.6 Å². The number of hydrogen-bond donors (Lipinski definition) is 0. The second-order valence-corrected chi connectivity index (χ2v) is 2.83. The molecule has 0 radical (unpaired) electrons. The van der Waals surface area contributed by atoms with Gasteiger partial charge in [0.1, 0.15) is 5.71 Å². The molecule has 0 aromatic carbocycles. The van der Waals surface area contributed by atoms with E-state index in [0.29, 0.717) is 5.03 Å². The summed E-state index contributed by atoms with van der Waals surface area (Å²) in [5.74, 6) is 0. The molecular formula is C10H11ClN2. The molecule has 1 heterocycles. The molecule has 0 unspecified atom stereocenters. The van der Waals surface area contributed by atoms with E-state index in [-0.39, 0.29) is 0 Å². The molecule has 0 spiro atoms. The number of hydrogen-bond acceptors (Lipinski definition) is 2. The molecule has 0 aliphatic heterocycles. The van der Waals surface area contributed by atoms with Gasteiger partial charge in [0.2, 0.25) is 0 Å². The Hall–Kier alpha value is -1.15. The molecular weight excluding hydrogens is 184 g/mol. The fourth-order valence-electron chi connectivity index (χ4n) is 0.983. The van der Waals surface area contributed by atoms with Crippen LogP contribution in [0.15, 0.2) is 40.5 Å². The van der Waals surface area contributed by atoms with Crippen molar-refractivity contribution in [3.8, 4) is 0 Å². The maximum atomic E-state index is 5.96. The van der Waals surface area contributed by atoms with Crippen LogP contribution >= 0.6 is 11.6 Å². The van der Waals surface area contributed by atoms with Gasteiger partial charge in [0.15, 0.2) is 0 Å². The lowest BCUT2D eigenvalue weighted by molar-refractivity contribution is 1.27. The minimum absolute atomic E-state index is 0.626. The van der Waals surface area contributed by atoms with E-state index >= 15 is 0 Å². The summed E-state index contributed by atoms with van der Waals surface area (Å²) in [6.45, 7) is 1.87. The maximum Gasteiger partial charge on any atom is 0.101 e.